The van der Waals surface area contributed by atoms with Crippen molar-refractivity contribution in [3.05, 3.63) is 53.3 Å². The van der Waals surface area contributed by atoms with Crippen LogP contribution >= 0.6 is 0 Å². The zero-order chi connectivity index (χ0) is 22.2. The van der Waals surface area contributed by atoms with E-state index in [4.69, 9.17) is 9.15 Å². The quantitative estimate of drug-likeness (QED) is 0.406. The number of benzene rings is 2. The summed E-state index contributed by atoms with van der Waals surface area (Å²) in [6, 6.07) is 7.96. The number of hydrogen-bond acceptors (Lipinski definition) is 6. The lowest BCUT2D eigenvalue weighted by atomic mass is 10.1. The van der Waals surface area contributed by atoms with E-state index in [1.54, 1.807) is 19.9 Å². The fourth-order valence-corrected chi connectivity index (χ4v) is 3.03. The molecule has 4 aromatic rings. The fraction of sp³-hybridized carbons (Fsp3) is 0.250. The number of ether oxygens (including phenoxy) is 1. The number of tetrazole rings is 1. The normalized spacial score (nSPS) is 12.0. The number of nitrogens with one attached hydrogen (secondary N) is 2. The van der Waals surface area contributed by atoms with Gasteiger partial charge >= 0.3 is 6.18 Å². The standard InChI is InChI=1S/C20H17F4N5O2/c1-10(2)30-16-4-3-13(8-14(16)20(22,23)24)25-9-12-7-17-11(5-15(12)21)6-18(31-17)19-26-28-29-27-19/h3-8,10,25H,9H2,1-2H3,(H,26,27,28,29). The van der Waals surface area contributed by atoms with Crippen LogP contribution in [0.5, 0.6) is 5.75 Å². The summed E-state index contributed by atoms with van der Waals surface area (Å²) in [4.78, 5) is 0. The molecule has 2 N–H and O–H groups in total. The Kier molecular flexibility index (Phi) is 5.25. The number of aromatic amines is 1. The third kappa shape index (κ3) is 4.44. The smallest absolute Gasteiger partial charge is 0.420 e. The van der Waals surface area contributed by atoms with Crippen LogP contribution in [0.15, 0.2) is 40.8 Å². The summed E-state index contributed by atoms with van der Waals surface area (Å²) in [5.41, 5.74) is -0.125. The number of halogens is 4. The molecule has 0 amide bonds. The second-order valence-corrected chi connectivity index (χ2v) is 7.06. The van der Waals surface area contributed by atoms with E-state index in [2.05, 4.69) is 25.9 Å². The van der Waals surface area contributed by atoms with Crippen molar-refractivity contribution in [3.63, 3.8) is 0 Å². The van der Waals surface area contributed by atoms with Gasteiger partial charge in [0.15, 0.2) is 5.76 Å². The van der Waals surface area contributed by atoms with Crippen LogP contribution in [0, 0.1) is 5.82 Å². The number of hydrogen-bond donors (Lipinski definition) is 2. The fourth-order valence-electron chi connectivity index (χ4n) is 3.03. The van der Waals surface area contributed by atoms with Gasteiger partial charge in [0.2, 0.25) is 5.82 Å². The number of alkyl halides is 3. The first-order chi connectivity index (χ1) is 14.7. The number of nitrogens with zero attached hydrogens (tertiary/aromatic N) is 3. The van der Waals surface area contributed by atoms with Gasteiger partial charge in [0.25, 0.3) is 0 Å². The Balaban J connectivity index is 1.58. The van der Waals surface area contributed by atoms with Gasteiger partial charge in [0, 0.05) is 23.2 Å². The van der Waals surface area contributed by atoms with Crippen molar-refractivity contribution in [3.8, 4) is 17.3 Å². The molecule has 0 aliphatic rings. The molecule has 31 heavy (non-hydrogen) atoms. The Morgan fingerprint density at radius 3 is 2.65 bits per heavy atom. The maximum Gasteiger partial charge on any atom is 0.420 e. The van der Waals surface area contributed by atoms with Crippen LogP contribution in [-0.4, -0.2) is 26.7 Å². The van der Waals surface area contributed by atoms with Crippen molar-refractivity contribution in [2.24, 2.45) is 0 Å². The summed E-state index contributed by atoms with van der Waals surface area (Å²) in [6.07, 6.45) is -5.00. The summed E-state index contributed by atoms with van der Waals surface area (Å²) in [5.74, 6) is -0.259. The average molecular weight is 435 g/mol. The number of fused-ring (bicyclic) bond motifs is 1. The molecule has 0 atom stereocenters. The number of aromatic nitrogens is 4. The minimum Gasteiger partial charge on any atom is -0.490 e. The second kappa shape index (κ2) is 7.89. The molecule has 0 unspecified atom stereocenters. The predicted molar refractivity (Wildman–Crippen MR) is 104 cm³/mol. The maximum atomic E-state index is 14.5. The van der Waals surface area contributed by atoms with Gasteiger partial charge in [-0.3, -0.25) is 0 Å². The SMILES string of the molecule is CC(C)Oc1ccc(NCc2cc3oc(-c4nn[nH]n4)cc3cc2F)cc1C(F)(F)F. The van der Waals surface area contributed by atoms with Gasteiger partial charge in [0.1, 0.15) is 17.1 Å². The molecular formula is C20H17F4N5O2. The number of anilines is 1. The summed E-state index contributed by atoms with van der Waals surface area (Å²) in [7, 11) is 0. The van der Waals surface area contributed by atoms with E-state index in [0.717, 1.165) is 6.07 Å². The van der Waals surface area contributed by atoms with Crippen LogP contribution in [0.2, 0.25) is 0 Å². The zero-order valence-corrected chi connectivity index (χ0v) is 16.4. The highest BCUT2D eigenvalue weighted by molar-refractivity contribution is 5.82. The monoisotopic (exact) mass is 435 g/mol. The molecule has 162 valence electrons. The molecule has 2 heterocycles. The zero-order valence-electron chi connectivity index (χ0n) is 16.4. The van der Waals surface area contributed by atoms with Gasteiger partial charge in [0.05, 0.1) is 11.7 Å². The van der Waals surface area contributed by atoms with Crippen molar-refractivity contribution in [1.82, 2.24) is 20.6 Å². The van der Waals surface area contributed by atoms with Crippen molar-refractivity contribution in [1.29, 1.82) is 0 Å². The van der Waals surface area contributed by atoms with Crippen LogP contribution in [0.1, 0.15) is 25.0 Å². The first-order valence-electron chi connectivity index (χ1n) is 9.28. The molecule has 4 rings (SSSR count). The van der Waals surface area contributed by atoms with E-state index in [1.165, 1.54) is 24.3 Å². The van der Waals surface area contributed by atoms with E-state index in [-0.39, 0.29) is 29.4 Å². The highest BCUT2D eigenvalue weighted by atomic mass is 19.4. The van der Waals surface area contributed by atoms with Crippen LogP contribution in [0.3, 0.4) is 0 Å². The molecule has 7 nitrogen and oxygen atoms in total. The Labute approximate surface area is 173 Å². The Hall–Kier alpha value is -3.63. The Morgan fingerprint density at radius 1 is 1.16 bits per heavy atom. The van der Waals surface area contributed by atoms with Gasteiger partial charge in [-0.05, 0) is 55.5 Å². The lowest BCUT2D eigenvalue weighted by Crippen LogP contribution is -2.13. The maximum absolute atomic E-state index is 14.5. The van der Waals surface area contributed by atoms with Gasteiger partial charge in [-0.15, -0.1) is 10.2 Å². The molecule has 0 aliphatic heterocycles. The molecule has 0 saturated heterocycles. The van der Waals surface area contributed by atoms with E-state index >= 15 is 0 Å². The molecule has 0 fully saturated rings. The molecule has 2 aromatic heterocycles. The highest BCUT2D eigenvalue weighted by Crippen LogP contribution is 2.38. The molecule has 0 spiro atoms. The third-order valence-electron chi connectivity index (χ3n) is 4.38. The Morgan fingerprint density at radius 2 is 1.97 bits per heavy atom. The Bertz CT molecular complexity index is 1200. The molecule has 2 aromatic carbocycles. The lowest BCUT2D eigenvalue weighted by Gasteiger charge is -2.18. The first kappa shape index (κ1) is 20.6. The summed E-state index contributed by atoms with van der Waals surface area (Å²) in [6.45, 7) is 3.23. The highest BCUT2D eigenvalue weighted by Gasteiger charge is 2.35. The van der Waals surface area contributed by atoms with Crippen LogP contribution in [0.25, 0.3) is 22.6 Å². The summed E-state index contributed by atoms with van der Waals surface area (Å²) >= 11 is 0. The van der Waals surface area contributed by atoms with E-state index in [9.17, 15) is 17.6 Å². The minimum absolute atomic E-state index is 0.0539. The van der Waals surface area contributed by atoms with E-state index in [0.29, 0.717) is 16.7 Å². The molecular weight excluding hydrogens is 418 g/mol. The number of H-pyrrole nitrogens is 1. The third-order valence-corrected chi connectivity index (χ3v) is 4.38. The first-order valence-corrected chi connectivity index (χ1v) is 9.28. The molecule has 0 saturated carbocycles. The van der Waals surface area contributed by atoms with Crippen molar-refractivity contribution in [2.75, 3.05) is 5.32 Å². The molecule has 11 heteroatoms. The number of rotatable bonds is 6. The van der Waals surface area contributed by atoms with E-state index < -0.39 is 23.7 Å². The predicted octanol–water partition coefficient (Wildman–Crippen LogP) is 5.17. The van der Waals surface area contributed by atoms with Gasteiger partial charge in [-0.25, -0.2) is 4.39 Å². The molecule has 0 aliphatic carbocycles. The minimum atomic E-state index is -4.59. The topological polar surface area (TPSA) is 88.9 Å². The van der Waals surface area contributed by atoms with Crippen molar-refractivity contribution >= 4 is 16.7 Å². The van der Waals surface area contributed by atoms with Crippen molar-refractivity contribution in [2.45, 2.75) is 32.7 Å². The van der Waals surface area contributed by atoms with Gasteiger partial charge in [-0.1, -0.05) is 0 Å². The average Bonchev–Trinajstić information content (AvgIpc) is 3.35. The number of furan rings is 1. The lowest BCUT2D eigenvalue weighted by molar-refractivity contribution is -0.139. The summed E-state index contributed by atoms with van der Waals surface area (Å²) < 4.78 is 65.6. The van der Waals surface area contributed by atoms with Crippen LogP contribution in [-0.2, 0) is 12.7 Å². The molecule has 0 bridgehead atoms. The molecule has 0 radical (unpaired) electrons. The van der Waals surface area contributed by atoms with Crippen LogP contribution < -0.4 is 10.1 Å². The van der Waals surface area contributed by atoms with Crippen LogP contribution in [0.4, 0.5) is 23.2 Å². The largest absolute Gasteiger partial charge is 0.490 e. The van der Waals surface area contributed by atoms with Crippen molar-refractivity contribution < 1.29 is 26.7 Å². The van der Waals surface area contributed by atoms with Gasteiger partial charge < -0.3 is 14.5 Å². The van der Waals surface area contributed by atoms with E-state index in [1.807, 2.05) is 0 Å². The summed E-state index contributed by atoms with van der Waals surface area (Å²) in [5, 5.41) is 16.7. The van der Waals surface area contributed by atoms with Gasteiger partial charge in [-0.2, -0.15) is 18.4 Å². The second-order valence-electron chi connectivity index (χ2n) is 7.06.